The van der Waals surface area contributed by atoms with E-state index < -0.39 is 21.6 Å². The van der Waals surface area contributed by atoms with Crippen molar-refractivity contribution >= 4 is 20.7 Å². The minimum Gasteiger partial charge on any atom is -0.457 e. The Morgan fingerprint density at radius 2 is 1.59 bits per heavy atom. The van der Waals surface area contributed by atoms with Crippen LogP contribution >= 0.6 is 0 Å². The molecule has 0 N–H and O–H groups in total. The third-order valence-electron chi connectivity index (χ3n) is 4.86. The lowest BCUT2D eigenvalue weighted by molar-refractivity contribution is -0.136. The van der Waals surface area contributed by atoms with Gasteiger partial charge in [-0.1, -0.05) is 37.3 Å². The van der Waals surface area contributed by atoms with Crippen molar-refractivity contribution in [3.8, 4) is 22.8 Å². The fraction of sp³-hybridized carbons (Fsp3) is 0.130. The highest BCUT2D eigenvalue weighted by Crippen LogP contribution is 2.37. The Balaban J connectivity index is 1.74. The van der Waals surface area contributed by atoms with Crippen molar-refractivity contribution in [2.75, 3.05) is 5.75 Å². The van der Waals surface area contributed by atoms with Crippen molar-refractivity contribution < 1.29 is 26.3 Å². The Hall–Kier alpha value is -3.46. The maximum Gasteiger partial charge on any atom is 0.418 e. The highest BCUT2D eigenvalue weighted by atomic mass is 32.2. The predicted octanol–water partition coefficient (Wildman–Crippen LogP) is 5.90. The summed E-state index contributed by atoms with van der Waals surface area (Å²) in [7, 11) is -3.39. The number of hydrogen-bond acceptors (Lipinski definition) is 5. The van der Waals surface area contributed by atoms with Crippen LogP contribution in [0.4, 0.5) is 13.2 Å². The summed E-state index contributed by atoms with van der Waals surface area (Å²) < 4.78 is 70.2. The standard InChI is InChI=1S/C23H17F3N2O3S/c1-2-32(29,30)18-9-4-8-17(13-18)31-16-7-3-6-15(12-16)21-19-10-5-11-20(23(24,25)26)22(19)28-14-27-21/h3-14H,2H2,1H3. The summed E-state index contributed by atoms with van der Waals surface area (Å²) in [5, 5.41) is 0.260. The maximum atomic E-state index is 13.4. The van der Waals surface area contributed by atoms with Crippen molar-refractivity contribution in [1.29, 1.82) is 0 Å². The molecule has 0 unspecified atom stereocenters. The van der Waals surface area contributed by atoms with E-state index in [9.17, 15) is 21.6 Å². The van der Waals surface area contributed by atoms with Crippen LogP contribution in [0.3, 0.4) is 0 Å². The van der Waals surface area contributed by atoms with Gasteiger partial charge in [0.05, 0.1) is 27.4 Å². The molecule has 0 amide bonds. The van der Waals surface area contributed by atoms with Gasteiger partial charge in [0, 0.05) is 10.9 Å². The van der Waals surface area contributed by atoms with Crippen LogP contribution in [-0.2, 0) is 16.0 Å². The molecule has 1 aromatic heterocycles. The third-order valence-corrected chi connectivity index (χ3v) is 6.59. The number of hydrogen-bond donors (Lipinski definition) is 0. The molecule has 5 nitrogen and oxygen atoms in total. The van der Waals surface area contributed by atoms with Gasteiger partial charge in [-0.3, -0.25) is 0 Å². The Morgan fingerprint density at radius 3 is 2.31 bits per heavy atom. The molecule has 0 fully saturated rings. The lowest BCUT2D eigenvalue weighted by atomic mass is 10.0. The maximum absolute atomic E-state index is 13.4. The van der Waals surface area contributed by atoms with Crippen LogP contribution in [0.2, 0.25) is 0 Å². The SMILES string of the molecule is CCS(=O)(=O)c1cccc(Oc2cccc(-c3ncnc4c(C(F)(F)F)cccc34)c2)c1. The number of benzene rings is 3. The van der Waals surface area contributed by atoms with E-state index in [-0.39, 0.29) is 21.6 Å². The summed E-state index contributed by atoms with van der Waals surface area (Å²) in [6.45, 7) is 1.56. The van der Waals surface area contributed by atoms with Crippen molar-refractivity contribution in [3.05, 3.63) is 78.6 Å². The second-order valence-corrected chi connectivity index (χ2v) is 9.21. The van der Waals surface area contributed by atoms with Gasteiger partial charge in [0.2, 0.25) is 0 Å². The highest BCUT2D eigenvalue weighted by molar-refractivity contribution is 7.91. The fourth-order valence-electron chi connectivity index (χ4n) is 3.29. The van der Waals surface area contributed by atoms with Gasteiger partial charge in [-0.05, 0) is 36.4 Å². The summed E-state index contributed by atoms with van der Waals surface area (Å²) in [4.78, 5) is 8.19. The zero-order valence-electron chi connectivity index (χ0n) is 16.8. The minimum atomic E-state index is -4.54. The Morgan fingerprint density at radius 1 is 0.906 bits per heavy atom. The highest BCUT2D eigenvalue weighted by Gasteiger charge is 2.33. The molecular weight excluding hydrogens is 441 g/mol. The number of halogens is 3. The van der Waals surface area contributed by atoms with E-state index in [1.807, 2.05) is 0 Å². The number of fused-ring (bicyclic) bond motifs is 1. The van der Waals surface area contributed by atoms with Gasteiger partial charge in [0.1, 0.15) is 17.8 Å². The van der Waals surface area contributed by atoms with Gasteiger partial charge in [0.25, 0.3) is 0 Å². The number of nitrogens with zero attached hydrogens (tertiary/aromatic N) is 2. The number of sulfone groups is 1. The molecule has 0 aliphatic rings. The zero-order valence-corrected chi connectivity index (χ0v) is 17.6. The van der Waals surface area contributed by atoms with Crippen molar-refractivity contribution in [1.82, 2.24) is 9.97 Å². The molecule has 4 rings (SSSR count). The first-order valence-corrected chi connectivity index (χ1v) is 11.3. The molecule has 3 aromatic carbocycles. The molecule has 0 radical (unpaired) electrons. The molecule has 0 atom stereocenters. The van der Waals surface area contributed by atoms with Crippen LogP contribution in [0.25, 0.3) is 22.2 Å². The van der Waals surface area contributed by atoms with Crippen molar-refractivity contribution in [2.24, 2.45) is 0 Å². The van der Waals surface area contributed by atoms with Gasteiger partial charge >= 0.3 is 6.18 Å². The summed E-state index contributed by atoms with van der Waals surface area (Å²) in [5.41, 5.74) is -0.158. The molecule has 0 saturated carbocycles. The molecule has 0 saturated heterocycles. The molecule has 0 aliphatic heterocycles. The van der Waals surface area contributed by atoms with Gasteiger partial charge < -0.3 is 4.74 Å². The van der Waals surface area contributed by atoms with Crippen LogP contribution in [0.5, 0.6) is 11.5 Å². The average molecular weight is 458 g/mol. The van der Waals surface area contributed by atoms with Gasteiger partial charge in [-0.25, -0.2) is 18.4 Å². The summed E-state index contributed by atoms with van der Waals surface area (Å²) in [5.74, 6) is 0.669. The molecule has 32 heavy (non-hydrogen) atoms. The van der Waals surface area contributed by atoms with E-state index in [4.69, 9.17) is 4.74 Å². The number of ether oxygens (including phenoxy) is 1. The minimum absolute atomic E-state index is 0.0351. The number of rotatable bonds is 5. The zero-order chi connectivity index (χ0) is 22.9. The lowest BCUT2D eigenvalue weighted by Crippen LogP contribution is -2.07. The molecule has 0 aliphatic carbocycles. The molecule has 4 aromatic rings. The van der Waals surface area contributed by atoms with Crippen molar-refractivity contribution in [2.45, 2.75) is 18.0 Å². The van der Waals surface area contributed by atoms with E-state index in [0.29, 0.717) is 22.8 Å². The summed E-state index contributed by atoms with van der Waals surface area (Å²) in [6, 6.07) is 16.6. The van der Waals surface area contributed by atoms with Crippen LogP contribution in [-0.4, -0.2) is 24.1 Å². The number of aromatic nitrogens is 2. The van der Waals surface area contributed by atoms with Gasteiger partial charge in [0.15, 0.2) is 9.84 Å². The topological polar surface area (TPSA) is 69.2 Å². The summed E-state index contributed by atoms with van der Waals surface area (Å²) >= 11 is 0. The Kier molecular flexibility index (Phi) is 5.60. The Labute approximate surface area is 182 Å². The van der Waals surface area contributed by atoms with E-state index in [1.165, 1.54) is 24.3 Å². The van der Waals surface area contributed by atoms with E-state index in [0.717, 1.165) is 12.4 Å². The summed E-state index contributed by atoms with van der Waals surface area (Å²) in [6.07, 6.45) is -3.44. The first-order valence-electron chi connectivity index (χ1n) is 9.61. The van der Waals surface area contributed by atoms with Gasteiger partial charge in [-0.2, -0.15) is 13.2 Å². The lowest BCUT2D eigenvalue weighted by Gasteiger charge is -2.12. The van der Waals surface area contributed by atoms with E-state index in [1.54, 1.807) is 43.3 Å². The smallest absolute Gasteiger partial charge is 0.418 e. The molecule has 164 valence electrons. The first-order chi connectivity index (χ1) is 15.2. The molecule has 0 spiro atoms. The number of alkyl halides is 3. The van der Waals surface area contributed by atoms with E-state index in [2.05, 4.69) is 9.97 Å². The second kappa shape index (κ2) is 8.23. The molecular formula is C23H17F3N2O3S. The third kappa shape index (κ3) is 4.29. The monoisotopic (exact) mass is 458 g/mol. The van der Waals surface area contributed by atoms with Gasteiger partial charge in [-0.15, -0.1) is 0 Å². The van der Waals surface area contributed by atoms with Crippen LogP contribution in [0.1, 0.15) is 12.5 Å². The van der Waals surface area contributed by atoms with Crippen molar-refractivity contribution in [3.63, 3.8) is 0 Å². The molecule has 0 bridgehead atoms. The first kappa shape index (κ1) is 21.8. The largest absolute Gasteiger partial charge is 0.457 e. The molecule has 1 heterocycles. The Bertz CT molecular complexity index is 1400. The second-order valence-electron chi connectivity index (χ2n) is 6.93. The quantitative estimate of drug-likeness (QED) is 0.372. The predicted molar refractivity (Wildman–Crippen MR) is 114 cm³/mol. The van der Waals surface area contributed by atoms with Crippen LogP contribution < -0.4 is 4.74 Å². The van der Waals surface area contributed by atoms with Crippen LogP contribution in [0.15, 0.2) is 78.0 Å². The molecule has 9 heteroatoms. The average Bonchev–Trinajstić information content (AvgIpc) is 2.78. The normalized spacial score (nSPS) is 12.1. The number of para-hydroxylation sites is 1. The van der Waals surface area contributed by atoms with Crippen LogP contribution in [0, 0.1) is 0 Å². The van der Waals surface area contributed by atoms with E-state index >= 15 is 0 Å². The fourth-order valence-corrected chi connectivity index (χ4v) is 4.20.